The smallest absolute Gasteiger partial charge is 0.178 e. The fourth-order valence-corrected chi connectivity index (χ4v) is 1.29. The summed E-state index contributed by atoms with van der Waals surface area (Å²) in [6.45, 7) is 3.24. The number of aromatic nitrogens is 1. The van der Waals surface area contributed by atoms with Crippen molar-refractivity contribution in [3.8, 4) is 0 Å². The van der Waals surface area contributed by atoms with Gasteiger partial charge in [-0.05, 0) is 0 Å². The fourth-order valence-electron chi connectivity index (χ4n) is 1.04. The first-order chi connectivity index (χ1) is 5.34. The number of halogens is 1. The van der Waals surface area contributed by atoms with E-state index in [1.807, 2.05) is 0 Å². The van der Waals surface area contributed by atoms with Crippen molar-refractivity contribution in [1.29, 1.82) is 0 Å². The molecule has 0 amide bonds. The van der Waals surface area contributed by atoms with Gasteiger partial charge in [0.2, 0.25) is 0 Å². The molecule has 0 saturated carbocycles. The monoisotopic (exact) mass is 214 g/mol. The van der Waals surface area contributed by atoms with E-state index in [4.69, 9.17) is 0 Å². The van der Waals surface area contributed by atoms with Crippen LogP contribution in [0.5, 0.6) is 0 Å². The molecular weight excluding hydrogens is 202 g/mol. The van der Waals surface area contributed by atoms with Gasteiger partial charge in [0.05, 0.1) is 0 Å². The molecule has 2 heteroatoms. The first-order valence-corrected chi connectivity index (χ1v) is 4.98. The van der Waals surface area contributed by atoms with E-state index in [0.717, 1.165) is 11.9 Å². The first kappa shape index (κ1) is 8.72. The molecule has 0 bridgehead atoms. The summed E-state index contributed by atoms with van der Waals surface area (Å²) in [6.07, 6.45) is 3.31. The van der Waals surface area contributed by atoms with Gasteiger partial charge in [-0.25, -0.2) is 4.57 Å². The van der Waals surface area contributed by atoms with Crippen molar-refractivity contribution in [1.82, 2.24) is 0 Å². The largest absolute Gasteiger partial charge is 0.203 e. The molecule has 0 unspecified atom stereocenters. The van der Waals surface area contributed by atoms with Crippen LogP contribution >= 0.6 is 15.9 Å². The Hall–Kier alpha value is -0.370. The van der Waals surface area contributed by atoms with Gasteiger partial charge in [0, 0.05) is 30.8 Å². The zero-order valence-electron chi connectivity index (χ0n) is 6.76. The molecule has 0 aliphatic heterocycles. The lowest BCUT2D eigenvalue weighted by molar-refractivity contribution is -0.702. The quantitative estimate of drug-likeness (QED) is 0.536. The van der Waals surface area contributed by atoms with E-state index in [1.54, 1.807) is 0 Å². The van der Waals surface area contributed by atoms with E-state index in [1.165, 1.54) is 12.1 Å². The molecule has 0 saturated heterocycles. The third kappa shape index (κ3) is 2.62. The second kappa shape index (κ2) is 4.50. The van der Waals surface area contributed by atoms with Gasteiger partial charge in [-0.3, -0.25) is 0 Å². The van der Waals surface area contributed by atoms with Crippen LogP contribution in [-0.4, -0.2) is 5.33 Å². The Balaban J connectivity index is 2.62. The summed E-state index contributed by atoms with van der Waals surface area (Å²) in [7, 11) is 0. The highest BCUT2D eigenvalue weighted by molar-refractivity contribution is 9.09. The van der Waals surface area contributed by atoms with E-state index in [0.29, 0.717) is 0 Å². The molecule has 0 aliphatic carbocycles. The van der Waals surface area contributed by atoms with Crippen molar-refractivity contribution in [2.45, 2.75) is 19.9 Å². The molecular formula is C9H13BrN+. The van der Waals surface area contributed by atoms with E-state index in [-0.39, 0.29) is 0 Å². The Morgan fingerprint density at radius 1 is 1.45 bits per heavy atom. The number of hydrogen-bond acceptors (Lipinski definition) is 0. The minimum Gasteiger partial charge on any atom is -0.203 e. The van der Waals surface area contributed by atoms with Crippen molar-refractivity contribution in [2.24, 2.45) is 0 Å². The van der Waals surface area contributed by atoms with Crippen molar-refractivity contribution >= 4 is 15.9 Å². The van der Waals surface area contributed by atoms with Crippen LogP contribution in [0.1, 0.15) is 12.1 Å². The maximum Gasteiger partial charge on any atom is 0.178 e. The van der Waals surface area contributed by atoms with Crippen LogP contribution in [0, 0.1) is 6.92 Å². The Morgan fingerprint density at radius 2 is 2.27 bits per heavy atom. The number of nitrogens with zero attached hydrogens (tertiary/aromatic N) is 1. The third-order valence-electron chi connectivity index (χ3n) is 1.70. The molecule has 1 heterocycles. The zero-order chi connectivity index (χ0) is 8.10. The lowest BCUT2D eigenvalue weighted by atomic mass is 10.3. The molecule has 0 atom stereocenters. The molecule has 0 N–H and O–H groups in total. The maximum absolute atomic E-state index is 3.42. The highest BCUT2D eigenvalue weighted by atomic mass is 79.9. The summed E-state index contributed by atoms with van der Waals surface area (Å²) in [4.78, 5) is 0. The minimum atomic E-state index is 1.08. The van der Waals surface area contributed by atoms with Crippen LogP contribution in [0.3, 0.4) is 0 Å². The maximum atomic E-state index is 3.42. The van der Waals surface area contributed by atoms with Crippen LogP contribution in [0.4, 0.5) is 0 Å². The van der Waals surface area contributed by atoms with Crippen LogP contribution in [0.2, 0.25) is 0 Å². The van der Waals surface area contributed by atoms with Gasteiger partial charge in [-0.1, -0.05) is 22.0 Å². The van der Waals surface area contributed by atoms with E-state index >= 15 is 0 Å². The zero-order valence-corrected chi connectivity index (χ0v) is 8.34. The molecule has 1 aromatic heterocycles. The average Bonchev–Trinajstić information content (AvgIpc) is 2.03. The molecule has 0 aromatic carbocycles. The second-order valence-electron chi connectivity index (χ2n) is 2.58. The van der Waals surface area contributed by atoms with Crippen molar-refractivity contribution in [3.05, 3.63) is 30.1 Å². The van der Waals surface area contributed by atoms with Gasteiger partial charge in [-0.2, -0.15) is 0 Å². The third-order valence-corrected chi connectivity index (χ3v) is 2.26. The molecule has 60 valence electrons. The molecule has 0 spiro atoms. The molecule has 0 fully saturated rings. The lowest BCUT2D eigenvalue weighted by Gasteiger charge is -1.96. The van der Waals surface area contributed by atoms with Crippen LogP contribution in [0.15, 0.2) is 24.4 Å². The van der Waals surface area contributed by atoms with Crippen molar-refractivity contribution < 1.29 is 4.57 Å². The number of alkyl halides is 1. The van der Waals surface area contributed by atoms with Crippen LogP contribution in [-0.2, 0) is 6.54 Å². The van der Waals surface area contributed by atoms with Gasteiger partial charge < -0.3 is 0 Å². The Bertz CT molecular complexity index is 223. The van der Waals surface area contributed by atoms with Gasteiger partial charge in [0.25, 0.3) is 0 Å². The van der Waals surface area contributed by atoms with E-state index < -0.39 is 0 Å². The predicted molar refractivity (Wildman–Crippen MR) is 49.8 cm³/mol. The number of hydrogen-bond donors (Lipinski definition) is 0. The Morgan fingerprint density at radius 3 is 2.91 bits per heavy atom. The van der Waals surface area contributed by atoms with Crippen LogP contribution < -0.4 is 4.57 Å². The lowest BCUT2D eigenvalue weighted by Crippen LogP contribution is -2.36. The summed E-state index contributed by atoms with van der Waals surface area (Å²) in [5, 5.41) is 1.08. The van der Waals surface area contributed by atoms with E-state index in [9.17, 15) is 0 Å². The molecule has 0 radical (unpaired) electrons. The fraction of sp³-hybridized carbons (Fsp3) is 0.444. The minimum absolute atomic E-state index is 1.08. The molecule has 1 rings (SSSR count). The molecule has 11 heavy (non-hydrogen) atoms. The van der Waals surface area contributed by atoms with Gasteiger partial charge >= 0.3 is 0 Å². The van der Waals surface area contributed by atoms with Gasteiger partial charge in [0.15, 0.2) is 11.9 Å². The summed E-state index contributed by atoms with van der Waals surface area (Å²) in [5.41, 5.74) is 1.33. The average molecular weight is 215 g/mol. The van der Waals surface area contributed by atoms with Gasteiger partial charge in [0.1, 0.15) is 6.54 Å². The first-order valence-electron chi connectivity index (χ1n) is 3.85. The number of aryl methyl sites for hydroxylation is 2. The topological polar surface area (TPSA) is 3.88 Å². The molecule has 1 nitrogen and oxygen atoms in total. The highest BCUT2D eigenvalue weighted by Gasteiger charge is 2.01. The van der Waals surface area contributed by atoms with Gasteiger partial charge in [-0.15, -0.1) is 0 Å². The standard InChI is InChI=1S/C9H13BrN/c1-9-5-2-3-7-11(9)8-4-6-10/h2-3,5,7H,4,6,8H2,1H3/q+1. The van der Waals surface area contributed by atoms with Crippen molar-refractivity contribution in [2.75, 3.05) is 5.33 Å². The normalized spacial score (nSPS) is 10.0. The Kier molecular flexibility index (Phi) is 3.57. The van der Waals surface area contributed by atoms with Crippen LogP contribution in [0.25, 0.3) is 0 Å². The van der Waals surface area contributed by atoms with Crippen molar-refractivity contribution in [3.63, 3.8) is 0 Å². The summed E-state index contributed by atoms with van der Waals surface area (Å²) in [5.74, 6) is 0. The van der Waals surface area contributed by atoms with E-state index in [2.05, 4.69) is 51.8 Å². The second-order valence-corrected chi connectivity index (χ2v) is 3.37. The predicted octanol–water partition coefficient (Wildman–Crippen LogP) is 2.07. The molecule has 0 aliphatic rings. The Labute approximate surface area is 76.2 Å². The SMILES string of the molecule is Cc1cccc[n+]1CCCBr. The summed E-state index contributed by atoms with van der Waals surface area (Å²) in [6, 6.07) is 6.27. The molecule has 1 aromatic rings. The number of rotatable bonds is 3. The summed E-state index contributed by atoms with van der Waals surface area (Å²) >= 11 is 3.42. The number of pyridine rings is 1. The highest BCUT2D eigenvalue weighted by Crippen LogP contribution is 1.91. The summed E-state index contributed by atoms with van der Waals surface area (Å²) < 4.78 is 2.27.